The molecular weight excluding hydrogens is 298 g/mol. The Labute approximate surface area is 131 Å². The minimum Gasteiger partial charge on any atom is -0.497 e. The van der Waals surface area contributed by atoms with E-state index in [4.69, 9.17) is 9.15 Å². The topological polar surface area (TPSA) is 92.5 Å². The second kappa shape index (κ2) is 5.84. The van der Waals surface area contributed by atoms with Crippen LogP contribution >= 0.6 is 0 Å². The van der Waals surface area contributed by atoms with Crippen LogP contribution in [-0.4, -0.2) is 23.2 Å². The maximum atomic E-state index is 12.2. The highest BCUT2D eigenvalue weighted by Gasteiger charge is 2.19. The fraction of sp³-hybridized carbons (Fsp3) is 0.0588. The standard InChI is InChI=1S/C17H13NO5/c1-22-11-6-4-10(5-7-11)12-9-13(14-3-2-8-23-14)18-16(19)15(12)17(20)21/h2-9H,1H3,(H,18,19)(H,20,21). The Balaban J connectivity index is 2.23. The van der Waals surface area contributed by atoms with Crippen molar-refractivity contribution in [3.8, 4) is 28.3 Å². The van der Waals surface area contributed by atoms with Crippen molar-refractivity contribution in [1.82, 2.24) is 4.98 Å². The quantitative estimate of drug-likeness (QED) is 0.772. The number of aromatic carboxylic acids is 1. The van der Waals surface area contributed by atoms with Gasteiger partial charge in [-0.05, 0) is 35.9 Å². The van der Waals surface area contributed by atoms with E-state index in [1.54, 1.807) is 49.6 Å². The predicted octanol–water partition coefficient (Wildman–Crippen LogP) is 3.01. The summed E-state index contributed by atoms with van der Waals surface area (Å²) in [6.07, 6.45) is 1.48. The number of ether oxygens (including phenoxy) is 1. The Kier molecular flexibility index (Phi) is 3.72. The molecule has 6 heteroatoms. The number of hydrogen-bond donors (Lipinski definition) is 2. The molecule has 0 aliphatic heterocycles. The van der Waals surface area contributed by atoms with E-state index < -0.39 is 11.5 Å². The van der Waals surface area contributed by atoms with Crippen molar-refractivity contribution in [1.29, 1.82) is 0 Å². The summed E-state index contributed by atoms with van der Waals surface area (Å²) in [6.45, 7) is 0. The van der Waals surface area contributed by atoms with E-state index in [1.807, 2.05) is 0 Å². The van der Waals surface area contributed by atoms with Crippen LogP contribution < -0.4 is 10.3 Å². The molecule has 0 aliphatic rings. The van der Waals surface area contributed by atoms with Gasteiger partial charge in [-0.3, -0.25) is 4.79 Å². The third-order valence-electron chi connectivity index (χ3n) is 3.43. The molecule has 0 saturated carbocycles. The second-order valence-corrected chi connectivity index (χ2v) is 4.81. The van der Waals surface area contributed by atoms with E-state index in [9.17, 15) is 14.7 Å². The van der Waals surface area contributed by atoms with Crippen LogP contribution in [0.4, 0.5) is 0 Å². The SMILES string of the molecule is COc1ccc(-c2cc(-c3ccco3)[nH]c(=O)c2C(=O)O)cc1. The van der Waals surface area contributed by atoms with Gasteiger partial charge in [-0.25, -0.2) is 4.79 Å². The summed E-state index contributed by atoms with van der Waals surface area (Å²) in [5, 5.41) is 9.36. The summed E-state index contributed by atoms with van der Waals surface area (Å²) in [4.78, 5) is 26.2. The molecule has 0 unspecified atom stereocenters. The van der Waals surface area contributed by atoms with Gasteiger partial charge in [0.15, 0.2) is 0 Å². The molecule has 0 saturated heterocycles. The average molecular weight is 311 g/mol. The number of furan rings is 1. The first kappa shape index (κ1) is 14.6. The van der Waals surface area contributed by atoms with E-state index in [-0.39, 0.29) is 5.56 Å². The number of carbonyl (C=O) groups is 1. The fourth-order valence-electron chi connectivity index (χ4n) is 2.33. The maximum absolute atomic E-state index is 12.2. The van der Waals surface area contributed by atoms with E-state index in [2.05, 4.69) is 4.98 Å². The van der Waals surface area contributed by atoms with E-state index in [1.165, 1.54) is 6.26 Å². The second-order valence-electron chi connectivity index (χ2n) is 4.81. The van der Waals surface area contributed by atoms with Gasteiger partial charge in [0.2, 0.25) is 0 Å². The minimum atomic E-state index is -1.29. The van der Waals surface area contributed by atoms with E-state index >= 15 is 0 Å². The van der Waals surface area contributed by atoms with Crippen LogP contribution in [0.1, 0.15) is 10.4 Å². The van der Waals surface area contributed by atoms with Crippen LogP contribution in [0.2, 0.25) is 0 Å². The van der Waals surface area contributed by atoms with Gasteiger partial charge < -0.3 is 19.2 Å². The maximum Gasteiger partial charge on any atom is 0.341 e. The summed E-state index contributed by atoms with van der Waals surface area (Å²) in [6, 6.07) is 11.8. The first-order valence-electron chi connectivity index (χ1n) is 6.79. The lowest BCUT2D eigenvalue weighted by atomic mass is 10.00. The minimum absolute atomic E-state index is 0.314. The molecule has 0 fully saturated rings. The van der Waals surface area contributed by atoms with E-state index in [0.29, 0.717) is 28.3 Å². The first-order valence-corrected chi connectivity index (χ1v) is 6.79. The van der Waals surface area contributed by atoms with Gasteiger partial charge in [0.05, 0.1) is 19.1 Å². The van der Waals surface area contributed by atoms with Crippen molar-refractivity contribution in [2.45, 2.75) is 0 Å². The number of nitrogens with one attached hydrogen (secondary N) is 1. The van der Waals surface area contributed by atoms with Crippen LogP contribution in [-0.2, 0) is 0 Å². The van der Waals surface area contributed by atoms with Crippen molar-refractivity contribution < 1.29 is 19.1 Å². The summed E-state index contributed by atoms with van der Waals surface area (Å²) < 4.78 is 10.4. The predicted molar refractivity (Wildman–Crippen MR) is 83.7 cm³/mol. The molecular formula is C17H13NO5. The first-order chi connectivity index (χ1) is 11.1. The van der Waals surface area contributed by atoms with Gasteiger partial charge >= 0.3 is 5.97 Å². The van der Waals surface area contributed by atoms with Crippen LogP contribution in [0.5, 0.6) is 5.75 Å². The Hall–Kier alpha value is -3.28. The van der Waals surface area contributed by atoms with Crippen LogP contribution in [0.25, 0.3) is 22.6 Å². The molecule has 6 nitrogen and oxygen atoms in total. The lowest BCUT2D eigenvalue weighted by Crippen LogP contribution is -2.19. The molecule has 3 rings (SSSR count). The third-order valence-corrected chi connectivity index (χ3v) is 3.43. The smallest absolute Gasteiger partial charge is 0.341 e. The van der Waals surface area contributed by atoms with E-state index in [0.717, 1.165) is 0 Å². The molecule has 116 valence electrons. The van der Waals surface area contributed by atoms with Gasteiger partial charge in [0.1, 0.15) is 17.1 Å². The number of methoxy groups -OCH3 is 1. The van der Waals surface area contributed by atoms with Crippen LogP contribution in [0.3, 0.4) is 0 Å². The molecule has 23 heavy (non-hydrogen) atoms. The van der Waals surface area contributed by atoms with Crippen molar-refractivity contribution in [2.24, 2.45) is 0 Å². The summed E-state index contributed by atoms with van der Waals surface area (Å²) in [7, 11) is 1.54. The molecule has 2 N–H and O–H groups in total. The summed E-state index contributed by atoms with van der Waals surface area (Å²) >= 11 is 0. The largest absolute Gasteiger partial charge is 0.497 e. The van der Waals surface area contributed by atoms with Gasteiger partial charge in [0.25, 0.3) is 5.56 Å². The van der Waals surface area contributed by atoms with Crippen LogP contribution in [0.15, 0.2) is 57.9 Å². The molecule has 0 spiro atoms. The molecule has 0 radical (unpaired) electrons. The van der Waals surface area contributed by atoms with Crippen molar-refractivity contribution in [3.05, 3.63) is 64.6 Å². The number of H-pyrrole nitrogens is 1. The molecule has 0 amide bonds. The number of aromatic nitrogens is 1. The summed E-state index contributed by atoms with van der Waals surface area (Å²) in [5.41, 5.74) is 0.330. The number of carboxylic acid groups (broad SMARTS) is 1. The molecule has 1 aromatic carbocycles. The number of hydrogen-bond acceptors (Lipinski definition) is 4. The Bertz CT molecular complexity index is 892. The fourth-order valence-corrected chi connectivity index (χ4v) is 2.33. The zero-order chi connectivity index (χ0) is 16.4. The van der Waals surface area contributed by atoms with Gasteiger partial charge in [-0.15, -0.1) is 0 Å². The number of carboxylic acids is 1. The van der Waals surface area contributed by atoms with Gasteiger partial charge in [0, 0.05) is 5.56 Å². The molecule has 2 heterocycles. The number of pyridine rings is 1. The Morgan fingerprint density at radius 2 is 1.96 bits per heavy atom. The molecule has 0 bridgehead atoms. The third kappa shape index (κ3) is 2.74. The highest BCUT2D eigenvalue weighted by molar-refractivity contribution is 5.96. The van der Waals surface area contributed by atoms with Crippen molar-refractivity contribution in [2.75, 3.05) is 7.11 Å². The summed E-state index contributed by atoms with van der Waals surface area (Å²) in [5.74, 6) is -0.196. The normalized spacial score (nSPS) is 10.5. The van der Waals surface area contributed by atoms with Crippen molar-refractivity contribution >= 4 is 5.97 Å². The molecule has 2 aromatic heterocycles. The monoisotopic (exact) mass is 311 g/mol. The highest BCUT2D eigenvalue weighted by Crippen LogP contribution is 2.28. The molecule has 3 aromatic rings. The lowest BCUT2D eigenvalue weighted by Gasteiger charge is -2.09. The van der Waals surface area contributed by atoms with Gasteiger partial charge in [-0.1, -0.05) is 12.1 Å². The zero-order valence-electron chi connectivity index (χ0n) is 12.2. The number of rotatable bonds is 4. The van der Waals surface area contributed by atoms with Crippen LogP contribution in [0, 0.1) is 0 Å². The number of benzene rings is 1. The van der Waals surface area contributed by atoms with Gasteiger partial charge in [-0.2, -0.15) is 0 Å². The Morgan fingerprint density at radius 3 is 2.52 bits per heavy atom. The number of aromatic amines is 1. The molecule has 0 aliphatic carbocycles. The highest BCUT2D eigenvalue weighted by atomic mass is 16.5. The average Bonchev–Trinajstić information content (AvgIpc) is 3.08. The van der Waals surface area contributed by atoms with Crippen molar-refractivity contribution in [3.63, 3.8) is 0 Å². The lowest BCUT2D eigenvalue weighted by molar-refractivity contribution is 0.0696. The Morgan fingerprint density at radius 1 is 1.22 bits per heavy atom. The molecule has 0 atom stereocenters. The zero-order valence-corrected chi connectivity index (χ0v) is 12.2.